The minimum atomic E-state index is -0.441. The third kappa shape index (κ3) is 3.74. The van der Waals surface area contributed by atoms with Gasteiger partial charge in [0, 0.05) is 10.8 Å². The standard InChI is InChI=1S/C45H33N3/c1-5-17-31(18-6-1)43-46-44(32-19-7-2-8-20-32)48(43)47-41-28-16-14-26-36(41)38-29-40-37(30-42(38)47)35-25-13-15-27-39(35)45(40,33-21-9-3-10-22-33)34-23-11-4-12-24-34/h1-30,43-44,46H. The summed E-state index contributed by atoms with van der Waals surface area (Å²) in [6.07, 6.45) is 0.0346. The van der Waals surface area contributed by atoms with E-state index in [1.807, 2.05) is 0 Å². The first-order valence-electron chi connectivity index (χ1n) is 16.8. The van der Waals surface area contributed by atoms with Crippen LogP contribution in [-0.4, -0.2) is 4.68 Å². The van der Waals surface area contributed by atoms with Gasteiger partial charge in [-0.25, -0.2) is 0 Å². The largest absolute Gasteiger partial charge is 0.269 e. The first-order valence-corrected chi connectivity index (χ1v) is 16.8. The minimum absolute atomic E-state index is 0.0173. The molecule has 2 heterocycles. The topological polar surface area (TPSA) is 20.2 Å². The van der Waals surface area contributed by atoms with Crippen molar-refractivity contribution >= 4 is 21.8 Å². The van der Waals surface area contributed by atoms with Crippen molar-refractivity contribution in [2.45, 2.75) is 17.7 Å². The van der Waals surface area contributed by atoms with E-state index in [9.17, 15) is 0 Å². The van der Waals surface area contributed by atoms with Crippen molar-refractivity contribution < 1.29 is 0 Å². The lowest BCUT2D eigenvalue weighted by molar-refractivity contribution is 0.211. The monoisotopic (exact) mass is 615 g/mol. The zero-order chi connectivity index (χ0) is 31.7. The van der Waals surface area contributed by atoms with E-state index in [-0.39, 0.29) is 12.3 Å². The fourth-order valence-electron chi connectivity index (χ4n) is 8.50. The highest BCUT2D eigenvalue weighted by molar-refractivity contribution is 6.11. The van der Waals surface area contributed by atoms with E-state index in [0.29, 0.717) is 0 Å². The molecule has 0 saturated carbocycles. The molecule has 7 aromatic carbocycles. The molecule has 0 bridgehead atoms. The molecule has 0 amide bonds. The fourth-order valence-corrected chi connectivity index (χ4v) is 8.50. The van der Waals surface area contributed by atoms with Crippen LogP contribution in [0, 0.1) is 0 Å². The third-order valence-corrected chi connectivity index (χ3v) is 10.5. The predicted octanol–water partition coefficient (Wildman–Crippen LogP) is 10.1. The van der Waals surface area contributed by atoms with Crippen LogP contribution in [0.2, 0.25) is 0 Å². The number of rotatable bonds is 5. The van der Waals surface area contributed by atoms with Crippen molar-refractivity contribution in [1.82, 2.24) is 9.99 Å². The summed E-state index contributed by atoms with van der Waals surface area (Å²) in [6.45, 7) is 0. The number of aromatic nitrogens is 1. The summed E-state index contributed by atoms with van der Waals surface area (Å²) >= 11 is 0. The smallest absolute Gasteiger partial charge is 0.125 e. The van der Waals surface area contributed by atoms with Gasteiger partial charge in [0.15, 0.2) is 0 Å². The summed E-state index contributed by atoms with van der Waals surface area (Å²) in [6, 6.07) is 66.7. The van der Waals surface area contributed by atoms with Crippen LogP contribution < -0.4 is 10.3 Å². The number of para-hydroxylation sites is 1. The summed E-state index contributed by atoms with van der Waals surface area (Å²) in [7, 11) is 0. The van der Waals surface area contributed by atoms with E-state index in [4.69, 9.17) is 0 Å². The summed E-state index contributed by atoms with van der Waals surface area (Å²) < 4.78 is 2.49. The molecule has 1 aliphatic carbocycles. The lowest BCUT2D eigenvalue weighted by Crippen LogP contribution is -2.62. The molecule has 2 atom stereocenters. The van der Waals surface area contributed by atoms with Crippen molar-refractivity contribution in [3.05, 3.63) is 215 Å². The van der Waals surface area contributed by atoms with Gasteiger partial charge in [0.2, 0.25) is 0 Å². The van der Waals surface area contributed by atoms with Crippen molar-refractivity contribution in [3.63, 3.8) is 0 Å². The molecule has 228 valence electrons. The van der Waals surface area contributed by atoms with Crippen LogP contribution in [0.1, 0.15) is 45.7 Å². The first-order chi connectivity index (χ1) is 23.8. The molecule has 1 aliphatic heterocycles. The van der Waals surface area contributed by atoms with Crippen LogP contribution in [0.4, 0.5) is 0 Å². The molecule has 3 nitrogen and oxygen atoms in total. The van der Waals surface area contributed by atoms with Crippen molar-refractivity contribution in [3.8, 4) is 11.1 Å². The fraction of sp³-hybridized carbons (Fsp3) is 0.0667. The van der Waals surface area contributed by atoms with Gasteiger partial charge in [0.05, 0.1) is 16.4 Å². The number of fused-ring (bicyclic) bond motifs is 6. The summed E-state index contributed by atoms with van der Waals surface area (Å²) in [5.74, 6) is 0. The Morgan fingerprint density at radius 3 is 1.56 bits per heavy atom. The average molecular weight is 616 g/mol. The lowest BCUT2D eigenvalue weighted by atomic mass is 9.67. The molecule has 8 aromatic rings. The molecule has 1 aromatic heterocycles. The van der Waals surface area contributed by atoms with E-state index >= 15 is 0 Å². The van der Waals surface area contributed by atoms with E-state index in [2.05, 4.69) is 197 Å². The second kappa shape index (κ2) is 10.6. The average Bonchev–Trinajstić information content (AvgIpc) is 3.62. The molecule has 1 saturated heterocycles. The predicted molar refractivity (Wildman–Crippen MR) is 196 cm³/mol. The molecule has 2 aliphatic rings. The van der Waals surface area contributed by atoms with E-state index in [1.165, 1.54) is 66.3 Å². The van der Waals surface area contributed by atoms with Gasteiger partial charge in [-0.2, -0.15) is 0 Å². The molecule has 3 heteroatoms. The number of hydrogen-bond donors (Lipinski definition) is 1. The Kier molecular flexibility index (Phi) is 5.99. The maximum Gasteiger partial charge on any atom is 0.125 e. The lowest BCUT2D eigenvalue weighted by Gasteiger charge is -2.52. The summed E-state index contributed by atoms with van der Waals surface area (Å²) in [5.41, 5.74) is 12.3. The number of benzene rings is 7. The molecular formula is C45H33N3. The molecule has 1 N–H and O–H groups in total. The minimum Gasteiger partial charge on any atom is -0.269 e. The van der Waals surface area contributed by atoms with E-state index in [1.54, 1.807) is 0 Å². The molecule has 2 unspecified atom stereocenters. The zero-order valence-corrected chi connectivity index (χ0v) is 26.4. The SMILES string of the molecule is c1ccc(C2NC(c3ccccc3)N2n2c3ccccc3c3cc4c(cc32)-c2ccccc2C4(c2ccccc2)c2ccccc2)cc1. The van der Waals surface area contributed by atoms with Gasteiger partial charge >= 0.3 is 0 Å². The van der Waals surface area contributed by atoms with Gasteiger partial charge in [0.25, 0.3) is 0 Å². The molecule has 0 spiro atoms. The summed E-state index contributed by atoms with van der Waals surface area (Å²) in [4.78, 5) is 0. The molecular weight excluding hydrogens is 583 g/mol. The highest BCUT2D eigenvalue weighted by Gasteiger charge is 2.47. The van der Waals surface area contributed by atoms with Gasteiger partial charge < -0.3 is 0 Å². The van der Waals surface area contributed by atoms with Crippen LogP contribution >= 0.6 is 0 Å². The second-order valence-electron chi connectivity index (χ2n) is 12.9. The van der Waals surface area contributed by atoms with Crippen molar-refractivity contribution in [1.29, 1.82) is 0 Å². The highest BCUT2D eigenvalue weighted by Crippen LogP contribution is 2.57. The van der Waals surface area contributed by atoms with Gasteiger partial charge in [-0.15, -0.1) is 0 Å². The summed E-state index contributed by atoms with van der Waals surface area (Å²) in [5, 5.41) is 8.96. The molecule has 1 fully saturated rings. The van der Waals surface area contributed by atoms with Crippen LogP contribution in [0.15, 0.2) is 182 Å². The Morgan fingerprint density at radius 1 is 0.417 bits per heavy atom. The Balaban J connectivity index is 1.30. The Hall–Kier alpha value is -5.90. The van der Waals surface area contributed by atoms with E-state index in [0.717, 1.165) is 0 Å². The van der Waals surface area contributed by atoms with Gasteiger partial charge in [-0.3, -0.25) is 15.0 Å². The van der Waals surface area contributed by atoms with Crippen LogP contribution in [0.5, 0.6) is 0 Å². The van der Waals surface area contributed by atoms with Gasteiger partial charge in [0.1, 0.15) is 12.3 Å². The first kappa shape index (κ1) is 27.2. The van der Waals surface area contributed by atoms with E-state index < -0.39 is 5.41 Å². The van der Waals surface area contributed by atoms with Gasteiger partial charge in [-0.05, 0) is 62.7 Å². The maximum absolute atomic E-state index is 3.91. The molecule has 0 radical (unpaired) electrons. The number of nitrogens with zero attached hydrogens (tertiary/aromatic N) is 2. The van der Waals surface area contributed by atoms with Crippen LogP contribution in [0.3, 0.4) is 0 Å². The number of hydrogen-bond acceptors (Lipinski definition) is 2. The second-order valence-corrected chi connectivity index (χ2v) is 12.9. The van der Waals surface area contributed by atoms with Crippen molar-refractivity contribution in [2.75, 3.05) is 5.01 Å². The highest BCUT2D eigenvalue weighted by atomic mass is 15.7. The van der Waals surface area contributed by atoms with Crippen molar-refractivity contribution in [2.24, 2.45) is 0 Å². The zero-order valence-electron chi connectivity index (χ0n) is 26.4. The quantitative estimate of drug-likeness (QED) is 0.208. The van der Waals surface area contributed by atoms with Gasteiger partial charge in [-0.1, -0.05) is 164 Å². The Bertz CT molecular complexity index is 2350. The Labute approximate surface area is 280 Å². The van der Waals surface area contributed by atoms with Crippen LogP contribution in [-0.2, 0) is 5.41 Å². The van der Waals surface area contributed by atoms with Crippen LogP contribution in [0.25, 0.3) is 32.9 Å². The Morgan fingerprint density at radius 2 is 0.938 bits per heavy atom. The molecule has 48 heavy (non-hydrogen) atoms. The normalized spacial score (nSPS) is 17.6. The third-order valence-electron chi connectivity index (χ3n) is 10.5. The number of nitrogens with one attached hydrogen (secondary N) is 1. The molecule has 10 rings (SSSR count). The maximum atomic E-state index is 3.91.